The molecular formula is C14H20FN3O3. The van der Waals surface area contributed by atoms with Crippen molar-refractivity contribution in [2.45, 2.75) is 39.3 Å². The third kappa shape index (κ3) is 5.29. The van der Waals surface area contributed by atoms with Crippen LogP contribution in [0.25, 0.3) is 0 Å². The van der Waals surface area contributed by atoms with Gasteiger partial charge in [0.1, 0.15) is 17.5 Å². The second-order valence-electron chi connectivity index (χ2n) is 5.56. The molecule has 0 radical (unpaired) electrons. The van der Waals surface area contributed by atoms with Gasteiger partial charge in [-0.15, -0.1) is 0 Å². The van der Waals surface area contributed by atoms with Crippen molar-refractivity contribution >= 4 is 23.4 Å². The lowest BCUT2D eigenvalue weighted by molar-refractivity contribution is -0.117. The maximum Gasteiger partial charge on any atom is 0.408 e. The molecule has 6 nitrogen and oxygen atoms in total. The Balaban J connectivity index is 2.63. The molecule has 1 unspecified atom stereocenters. The van der Waals surface area contributed by atoms with Gasteiger partial charge in [-0.2, -0.15) is 0 Å². The number of hydrogen-bond donors (Lipinski definition) is 3. The number of hydrogen-bond acceptors (Lipinski definition) is 4. The molecule has 4 N–H and O–H groups in total. The number of nitrogens with one attached hydrogen (secondary N) is 2. The smallest absolute Gasteiger partial charge is 0.408 e. The van der Waals surface area contributed by atoms with E-state index in [1.165, 1.54) is 25.1 Å². The van der Waals surface area contributed by atoms with Gasteiger partial charge in [-0.3, -0.25) is 4.79 Å². The number of para-hydroxylation sites is 1. The zero-order valence-electron chi connectivity index (χ0n) is 12.5. The van der Waals surface area contributed by atoms with E-state index in [9.17, 15) is 14.0 Å². The molecule has 1 atom stereocenters. The second kappa shape index (κ2) is 6.43. The van der Waals surface area contributed by atoms with Crippen molar-refractivity contribution in [1.82, 2.24) is 5.32 Å². The minimum Gasteiger partial charge on any atom is -0.444 e. The van der Waals surface area contributed by atoms with E-state index in [1.807, 2.05) is 0 Å². The standard InChI is InChI=1S/C14H20FN3O3/c1-8(17-13(20)21-14(2,3)4)12(19)18-10-7-5-6-9(15)11(10)16/h5-8H,16H2,1-4H3,(H,17,20)(H,18,19). The normalized spacial score (nSPS) is 12.4. The summed E-state index contributed by atoms with van der Waals surface area (Å²) in [5, 5.41) is 4.83. The molecule has 1 aromatic rings. The first-order valence-electron chi connectivity index (χ1n) is 6.44. The Morgan fingerprint density at radius 1 is 1.33 bits per heavy atom. The average molecular weight is 297 g/mol. The molecule has 1 aromatic carbocycles. The molecule has 0 aromatic heterocycles. The molecule has 0 aliphatic carbocycles. The van der Waals surface area contributed by atoms with Crippen LogP contribution in [0.2, 0.25) is 0 Å². The van der Waals surface area contributed by atoms with Gasteiger partial charge >= 0.3 is 6.09 Å². The zero-order chi connectivity index (χ0) is 16.2. The summed E-state index contributed by atoms with van der Waals surface area (Å²) in [7, 11) is 0. The number of carbonyl (C=O) groups excluding carboxylic acids is 2. The van der Waals surface area contributed by atoms with Crippen molar-refractivity contribution in [2.24, 2.45) is 0 Å². The van der Waals surface area contributed by atoms with E-state index in [0.29, 0.717) is 0 Å². The van der Waals surface area contributed by atoms with Crippen LogP contribution >= 0.6 is 0 Å². The van der Waals surface area contributed by atoms with Crippen LogP contribution in [0.1, 0.15) is 27.7 Å². The van der Waals surface area contributed by atoms with E-state index in [4.69, 9.17) is 10.5 Å². The number of rotatable bonds is 3. The zero-order valence-corrected chi connectivity index (χ0v) is 12.5. The third-order valence-electron chi connectivity index (χ3n) is 2.44. The topological polar surface area (TPSA) is 93.4 Å². The number of nitrogen functional groups attached to an aromatic ring is 1. The highest BCUT2D eigenvalue weighted by atomic mass is 19.1. The number of nitrogens with two attached hydrogens (primary N) is 1. The van der Waals surface area contributed by atoms with Crippen molar-refractivity contribution in [3.8, 4) is 0 Å². The minimum absolute atomic E-state index is 0.151. The Morgan fingerprint density at radius 2 is 1.95 bits per heavy atom. The van der Waals surface area contributed by atoms with Crippen molar-refractivity contribution in [3.05, 3.63) is 24.0 Å². The molecule has 0 aliphatic heterocycles. The number of anilines is 2. The molecule has 0 fully saturated rings. The van der Waals surface area contributed by atoms with E-state index >= 15 is 0 Å². The molecule has 7 heteroatoms. The van der Waals surface area contributed by atoms with Gasteiger partial charge in [0.15, 0.2) is 0 Å². The van der Waals surface area contributed by atoms with Gasteiger partial charge in [-0.05, 0) is 39.8 Å². The monoisotopic (exact) mass is 297 g/mol. The maximum absolute atomic E-state index is 13.3. The van der Waals surface area contributed by atoms with Gasteiger partial charge in [-0.1, -0.05) is 6.07 Å². The molecule has 0 bridgehead atoms. The molecule has 0 saturated carbocycles. The first-order chi connectivity index (χ1) is 9.60. The number of alkyl carbamates (subject to hydrolysis) is 1. The molecule has 0 saturated heterocycles. The number of ether oxygens (including phenoxy) is 1. The van der Waals surface area contributed by atoms with Crippen molar-refractivity contribution in [3.63, 3.8) is 0 Å². The van der Waals surface area contributed by atoms with Crippen LogP contribution in [0.5, 0.6) is 0 Å². The molecule has 1 rings (SSSR count). The number of halogens is 1. The van der Waals surface area contributed by atoms with Crippen LogP contribution in [0.15, 0.2) is 18.2 Å². The third-order valence-corrected chi connectivity index (χ3v) is 2.44. The summed E-state index contributed by atoms with van der Waals surface area (Å²) in [5.41, 5.74) is 4.85. The van der Waals surface area contributed by atoms with Gasteiger partial charge in [-0.25, -0.2) is 9.18 Å². The fraction of sp³-hybridized carbons (Fsp3) is 0.429. The first kappa shape index (κ1) is 16.7. The van der Waals surface area contributed by atoms with E-state index in [-0.39, 0.29) is 11.4 Å². The fourth-order valence-corrected chi connectivity index (χ4v) is 1.44. The van der Waals surface area contributed by atoms with E-state index < -0.39 is 29.5 Å². The summed E-state index contributed by atoms with van der Waals surface area (Å²) in [6.07, 6.45) is -0.711. The van der Waals surface area contributed by atoms with Crippen molar-refractivity contribution in [1.29, 1.82) is 0 Å². The Morgan fingerprint density at radius 3 is 2.52 bits per heavy atom. The average Bonchev–Trinajstić information content (AvgIpc) is 2.32. The van der Waals surface area contributed by atoms with E-state index in [1.54, 1.807) is 20.8 Å². The predicted molar refractivity (Wildman–Crippen MR) is 78.3 cm³/mol. The molecule has 21 heavy (non-hydrogen) atoms. The summed E-state index contributed by atoms with van der Waals surface area (Å²) >= 11 is 0. The van der Waals surface area contributed by atoms with Gasteiger partial charge in [0.05, 0.1) is 11.4 Å². The molecule has 0 heterocycles. The molecule has 2 amide bonds. The lowest BCUT2D eigenvalue weighted by Gasteiger charge is -2.21. The van der Waals surface area contributed by atoms with Crippen LogP contribution in [0, 0.1) is 5.82 Å². The van der Waals surface area contributed by atoms with Crippen LogP contribution in [-0.4, -0.2) is 23.6 Å². The summed E-state index contributed by atoms with van der Waals surface area (Å²) in [6, 6.07) is 3.22. The number of amides is 2. The van der Waals surface area contributed by atoms with E-state index in [0.717, 1.165) is 0 Å². The Bertz CT molecular complexity index is 541. The van der Waals surface area contributed by atoms with Crippen molar-refractivity contribution in [2.75, 3.05) is 11.1 Å². The number of carbonyl (C=O) groups is 2. The number of benzene rings is 1. The highest BCUT2D eigenvalue weighted by Crippen LogP contribution is 2.21. The second-order valence-corrected chi connectivity index (χ2v) is 5.56. The highest BCUT2D eigenvalue weighted by molar-refractivity contribution is 5.98. The van der Waals surface area contributed by atoms with Gasteiger partial charge in [0.2, 0.25) is 5.91 Å². The van der Waals surface area contributed by atoms with Gasteiger partial charge in [0.25, 0.3) is 0 Å². The first-order valence-corrected chi connectivity index (χ1v) is 6.44. The van der Waals surface area contributed by atoms with Crippen molar-refractivity contribution < 1.29 is 18.7 Å². The molecular weight excluding hydrogens is 277 g/mol. The summed E-state index contributed by atoms with van der Waals surface area (Å²) in [5.74, 6) is -1.15. The van der Waals surface area contributed by atoms with Gasteiger partial charge in [0, 0.05) is 0 Å². The predicted octanol–water partition coefficient (Wildman–Crippen LogP) is 2.26. The lowest BCUT2D eigenvalue weighted by Crippen LogP contribution is -2.44. The largest absolute Gasteiger partial charge is 0.444 e. The molecule has 0 spiro atoms. The van der Waals surface area contributed by atoms with E-state index in [2.05, 4.69) is 10.6 Å². The summed E-state index contributed by atoms with van der Waals surface area (Å²) in [6.45, 7) is 6.62. The van der Waals surface area contributed by atoms with Crippen LogP contribution in [-0.2, 0) is 9.53 Å². The van der Waals surface area contributed by atoms with Crippen LogP contribution in [0.4, 0.5) is 20.6 Å². The Hall–Kier alpha value is -2.31. The van der Waals surface area contributed by atoms with Crippen LogP contribution in [0.3, 0.4) is 0 Å². The summed E-state index contributed by atoms with van der Waals surface area (Å²) in [4.78, 5) is 23.5. The lowest BCUT2D eigenvalue weighted by atomic mass is 10.2. The SMILES string of the molecule is CC(NC(=O)OC(C)(C)C)C(=O)Nc1cccc(F)c1N. The molecule has 0 aliphatic rings. The maximum atomic E-state index is 13.3. The Labute approximate surface area is 122 Å². The Kier molecular flexibility index (Phi) is 5.12. The van der Waals surface area contributed by atoms with Crippen LogP contribution < -0.4 is 16.4 Å². The quantitative estimate of drug-likeness (QED) is 0.746. The minimum atomic E-state index is -0.859. The molecule has 116 valence electrons. The summed E-state index contributed by atoms with van der Waals surface area (Å²) < 4.78 is 18.3. The fourth-order valence-electron chi connectivity index (χ4n) is 1.44. The van der Waals surface area contributed by atoms with Gasteiger partial charge < -0.3 is 21.1 Å². The highest BCUT2D eigenvalue weighted by Gasteiger charge is 2.21.